The van der Waals surface area contributed by atoms with Crippen molar-refractivity contribution in [3.05, 3.63) is 29.8 Å². The summed E-state index contributed by atoms with van der Waals surface area (Å²) in [6, 6.07) is 6.07. The molecule has 1 aromatic rings. The zero-order chi connectivity index (χ0) is 25.9. The summed E-state index contributed by atoms with van der Waals surface area (Å²) in [7, 11) is -2.95. The number of carbonyl (C=O) groups is 2. The first-order chi connectivity index (χ1) is 16.7. The molecule has 0 unspecified atom stereocenters. The van der Waals surface area contributed by atoms with Gasteiger partial charge in [0.15, 0.2) is 5.78 Å². The Hall–Kier alpha value is -1.69. The summed E-state index contributed by atoms with van der Waals surface area (Å²) in [4.78, 5) is 43.3. The third kappa shape index (κ3) is 16.6. The predicted octanol–water partition coefficient (Wildman–Crippen LogP) is 5.95. The van der Waals surface area contributed by atoms with Crippen LogP contribution >= 0.6 is 7.60 Å². The molecule has 1 amide bonds. The number of unbranched alkanes of at least 4 members (excludes halogenated alkanes) is 12. The molecular formula is C27H46NO6P. The van der Waals surface area contributed by atoms with Crippen molar-refractivity contribution in [2.75, 3.05) is 13.3 Å². The van der Waals surface area contributed by atoms with Gasteiger partial charge in [0.2, 0.25) is 5.91 Å². The monoisotopic (exact) mass is 511 g/mol. The van der Waals surface area contributed by atoms with Crippen molar-refractivity contribution in [2.45, 2.75) is 109 Å². The van der Waals surface area contributed by atoms with Gasteiger partial charge in [0.25, 0.3) is 0 Å². The number of carbonyl (C=O) groups excluding carboxylic acids is 2. The molecule has 0 aliphatic rings. The van der Waals surface area contributed by atoms with Crippen LogP contribution in [0, 0.1) is 0 Å². The molecule has 1 atom stereocenters. The van der Waals surface area contributed by atoms with Gasteiger partial charge in [-0.05, 0) is 30.5 Å². The fourth-order valence-corrected chi connectivity index (χ4v) is 4.75. The summed E-state index contributed by atoms with van der Waals surface area (Å²) < 4.78 is 16.4. The minimum Gasteiger partial charge on any atom is -0.497 e. The van der Waals surface area contributed by atoms with Crippen molar-refractivity contribution >= 4 is 19.3 Å². The average Bonchev–Trinajstić information content (AvgIpc) is 2.81. The van der Waals surface area contributed by atoms with Crippen molar-refractivity contribution in [1.82, 2.24) is 5.32 Å². The van der Waals surface area contributed by atoms with E-state index in [0.29, 0.717) is 12.2 Å². The Balaban J connectivity index is 2.30. The van der Waals surface area contributed by atoms with Crippen molar-refractivity contribution in [3.8, 4) is 5.75 Å². The molecule has 1 aromatic carbocycles. The number of Topliss-reactive ketones (excluding diaryl/α,β-unsaturated/α-hetero) is 1. The fourth-order valence-electron chi connectivity index (χ4n) is 4.13. The largest absolute Gasteiger partial charge is 0.497 e. The molecule has 0 saturated heterocycles. The summed E-state index contributed by atoms with van der Waals surface area (Å²) in [6.45, 7) is 2.24. The molecule has 0 heterocycles. The molecule has 0 radical (unpaired) electrons. The number of methoxy groups -OCH3 is 1. The second-order valence-electron chi connectivity index (χ2n) is 9.45. The van der Waals surface area contributed by atoms with Crippen LogP contribution in [0.4, 0.5) is 0 Å². The van der Waals surface area contributed by atoms with Crippen LogP contribution in [0.3, 0.4) is 0 Å². The van der Waals surface area contributed by atoms with E-state index in [1.807, 2.05) is 0 Å². The zero-order valence-electron chi connectivity index (χ0n) is 21.7. The molecule has 0 aromatic heterocycles. The average molecular weight is 512 g/mol. The van der Waals surface area contributed by atoms with Crippen LogP contribution in [0.25, 0.3) is 0 Å². The van der Waals surface area contributed by atoms with Gasteiger partial charge in [-0.15, -0.1) is 0 Å². The molecule has 0 aliphatic heterocycles. The number of benzene rings is 1. The van der Waals surface area contributed by atoms with E-state index in [1.54, 1.807) is 31.4 Å². The Labute approximate surface area is 211 Å². The molecular weight excluding hydrogens is 465 g/mol. The second-order valence-corrected chi connectivity index (χ2v) is 11.1. The molecule has 7 nitrogen and oxygen atoms in total. The standard InChI is InChI=1S/C27H46NO6P/c1-3-4-5-6-7-8-9-10-11-12-13-14-15-16-27(30)28-25(26(29)22-35(31,32)33)21-23-17-19-24(34-2)20-18-23/h17-20,25H,3-16,21-22H2,1-2H3,(H,28,30)(H2,31,32,33)/t25-/m0/s1. The molecule has 0 spiro atoms. The smallest absolute Gasteiger partial charge is 0.333 e. The molecule has 0 bridgehead atoms. The summed E-state index contributed by atoms with van der Waals surface area (Å²) >= 11 is 0. The van der Waals surface area contributed by atoms with Gasteiger partial charge < -0.3 is 19.8 Å². The number of rotatable bonds is 21. The molecule has 8 heteroatoms. The quantitative estimate of drug-likeness (QED) is 0.139. The van der Waals surface area contributed by atoms with Crippen LogP contribution in [0.5, 0.6) is 5.75 Å². The molecule has 35 heavy (non-hydrogen) atoms. The first-order valence-electron chi connectivity index (χ1n) is 13.2. The molecule has 0 aliphatic carbocycles. The maximum Gasteiger partial charge on any atom is 0.333 e. The third-order valence-corrected chi connectivity index (χ3v) is 6.92. The topological polar surface area (TPSA) is 113 Å². The summed E-state index contributed by atoms with van der Waals surface area (Å²) in [5.74, 6) is -0.253. The van der Waals surface area contributed by atoms with E-state index in [-0.39, 0.29) is 12.3 Å². The summed E-state index contributed by atoms with van der Waals surface area (Å²) in [6.07, 6.45) is 15.5. The summed E-state index contributed by atoms with van der Waals surface area (Å²) in [5.41, 5.74) is 0.774. The van der Waals surface area contributed by atoms with Gasteiger partial charge in [-0.2, -0.15) is 0 Å². The lowest BCUT2D eigenvalue weighted by atomic mass is 10.0. The number of ether oxygens (including phenoxy) is 1. The lowest BCUT2D eigenvalue weighted by Gasteiger charge is -2.18. The Morgan fingerprint density at radius 1 is 0.857 bits per heavy atom. The normalized spacial score (nSPS) is 12.3. The summed E-state index contributed by atoms with van der Waals surface area (Å²) in [5, 5.41) is 2.70. The maximum atomic E-state index is 12.5. The minimum atomic E-state index is -4.51. The SMILES string of the molecule is CCCCCCCCCCCCCCCC(=O)N[C@@H](Cc1ccc(OC)cc1)C(=O)CP(=O)(O)O. The number of ketones is 1. The highest BCUT2D eigenvalue weighted by molar-refractivity contribution is 7.52. The number of amides is 1. The van der Waals surface area contributed by atoms with E-state index >= 15 is 0 Å². The van der Waals surface area contributed by atoms with Crippen LogP contribution in [-0.2, 0) is 20.6 Å². The predicted molar refractivity (Wildman–Crippen MR) is 141 cm³/mol. The van der Waals surface area contributed by atoms with Crippen LogP contribution in [0.1, 0.15) is 102 Å². The van der Waals surface area contributed by atoms with Gasteiger partial charge in [-0.1, -0.05) is 96.1 Å². The lowest BCUT2D eigenvalue weighted by Crippen LogP contribution is -2.43. The Morgan fingerprint density at radius 3 is 1.80 bits per heavy atom. The van der Waals surface area contributed by atoms with Crippen molar-refractivity contribution in [2.24, 2.45) is 0 Å². The van der Waals surface area contributed by atoms with E-state index in [2.05, 4.69) is 12.2 Å². The highest BCUT2D eigenvalue weighted by Crippen LogP contribution is 2.34. The van der Waals surface area contributed by atoms with E-state index in [9.17, 15) is 23.9 Å². The van der Waals surface area contributed by atoms with Crippen molar-refractivity contribution in [3.63, 3.8) is 0 Å². The molecule has 0 saturated carbocycles. The van der Waals surface area contributed by atoms with Crippen molar-refractivity contribution < 1.29 is 28.7 Å². The van der Waals surface area contributed by atoms with Crippen LogP contribution < -0.4 is 10.1 Å². The van der Waals surface area contributed by atoms with Gasteiger partial charge >= 0.3 is 7.60 Å². The Morgan fingerprint density at radius 2 is 1.34 bits per heavy atom. The van der Waals surface area contributed by atoms with Crippen LogP contribution in [-0.4, -0.2) is 40.8 Å². The maximum absolute atomic E-state index is 12.5. The number of hydrogen-bond donors (Lipinski definition) is 3. The van der Waals surface area contributed by atoms with Crippen LogP contribution in [0.2, 0.25) is 0 Å². The Kier molecular flexibility index (Phi) is 16.6. The van der Waals surface area contributed by atoms with Crippen molar-refractivity contribution in [1.29, 1.82) is 0 Å². The molecule has 0 fully saturated rings. The fraction of sp³-hybridized carbons (Fsp3) is 0.704. The Bertz CT molecular complexity index is 761. The van der Waals surface area contributed by atoms with Gasteiger partial charge in [-0.3, -0.25) is 14.2 Å². The van der Waals surface area contributed by atoms with E-state index in [1.165, 1.54) is 64.2 Å². The third-order valence-electron chi connectivity index (χ3n) is 6.19. The minimum absolute atomic E-state index is 0.174. The first kappa shape index (κ1) is 31.3. The molecule has 3 N–H and O–H groups in total. The zero-order valence-corrected chi connectivity index (χ0v) is 22.6. The van der Waals surface area contributed by atoms with E-state index in [4.69, 9.17) is 4.74 Å². The highest BCUT2D eigenvalue weighted by Gasteiger charge is 2.27. The number of nitrogens with one attached hydrogen (secondary N) is 1. The van der Waals surface area contributed by atoms with Crippen LogP contribution in [0.15, 0.2) is 24.3 Å². The van der Waals surface area contributed by atoms with Gasteiger partial charge in [0.05, 0.1) is 13.2 Å². The van der Waals surface area contributed by atoms with Gasteiger partial charge in [-0.25, -0.2) is 0 Å². The van der Waals surface area contributed by atoms with E-state index in [0.717, 1.165) is 24.8 Å². The van der Waals surface area contributed by atoms with Gasteiger partial charge in [0, 0.05) is 6.42 Å². The number of hydrogen-bond acceptors (Lipinski definition) is 4. The second kappa shape index (κ2) is 18.6. The molecule has 1 rings (SSSR count). The molecule has 200 valence electrons. The highest BCUT2D eigenvalue weighted by atomic mass is 31.2. The lowest BCUT2D eigenvalue weighted by molar-refractivity contribution is -0.126. The van der Waals surface area contributed by atoms with Gasteiger partial charge in [0.1, 0.15) is 11.9 Å². The van der Waals surface area contributed by atoms with E-state index < -0.39 is 25.6 Å². The first-order valence-corrected chi connectivity index (χ1v) is 15.0.